The molecule has 1 fully saturated rings. The van der Waals surface area contributed by atoms with Crippen molar-refractivity contribution in [1.29, 1.82) is 0 Å². The van der Waals surface area contributed by atoms with Gasteiger partial charge in [0.1, 0.15) is 11.4 Å². The van der Waals surface area contributed by atoms with Crippen molar-refractivity contribution in [2.24, 2.45) is 5.92 Å². The first kappa shape index (κ1) is 15.0. The normalized spacial score (nSPS) is 28.2. The summed E-state index contributed by atoms with van der Waals surface area (Å²) in [5.74, 6) is 1.80. The van der Waals surface area contributed by atoms with Gasteiger partial charge in [0.15, 0.2) is 5.69 Å². The van der Waals surface area contributed by atoms with Crippen LogP contribution in [0.25, 0.3) is 0 Å². The van der Waals surface area contributed by atoms with Gasteiger partial charge in [-0.25, -0.2) is 0 Å². The summed E-state index contributed by atoms with van der Waals surface area (Å²) in [6.45, 7) is 0.181. The van der Waals surface area contributed by atoms with Crippen LogP contribution in [-0.2, 0) is 18.4 Å². The standard InChI is InChI=1S/C19H21N3O3/c1-25-12-3-2-10-4-5-19(24,15(10)8-12)9-20-18(23)17-14-7-11-6-13(11)16(14)21-22-17/h2-3,8,11,13,24H,4-7,9H2,1H3,(H,20,23)(H,21,22)/t11-,13-,19?/m1/s1. The molecule has 130 valence electrons. The van der Waals surface area contributed by atoms with E-state index in [1.165, 1.54) is 6.42 Å². The Morgan fingerprint density at radius 1 is 1.52 bits per heavy atom. The predicted molar refractivity (Wildman–Crippen MR) is 90.7 cm³/mol. The lowest BCUT2D eigenvalue weighted by molar-refractivity contribution is 0.0367. The lowest BCUT2D eigenvalue weighted by atomic mass is 9.95. The number of ether oxygens (including phenoxy) is 1. The zero-order valence-corrected chi connectivity index (χ0v) is 14.1. The smallest absolute Gasteiger partial charge is 0.272 e. The van der Waals surface area contributed by atoms with Crippen molar-refractivity contribution in [3.8, 4) is 5.75 Å². The van der Waals surface area contributed by atoms with Crippen LogP contribution in [0.5, 0.6) is 5.75 Å². The molecule has 6 nitrogen and oxygen atoms in total. The number of aromatic nitrogens is 2. The quantitative estimate of drug-likeness (QED) is 0.790. The second kappa shape index (κ2) is 5.08. The number of nitrogens with zero attached hydrogens (tertiary/aromatic N) is 1. The molecule has 2 aromatic rings. The fourth-order valence-electron chi connectivity index (χ4n) is 4.47. The molecule has 3 N–H and O–H groups in total. The molecular formula is C19H21N3O3. The fraction of sp³-hybridized carbons (Fsp3) is 0.474. The van der Waals surface area contributed by atoms with Crippen LogP contribution in [0.15, 0.2) is 18.2 Å². The van der Waals surface area contributed by atoms with Crippen LogP contribution in [0.2, 0.25) is 0 Å². The van der Waals surface area contributed by atoms with Crippen molar-refractivity contribution in [2.45, 2.75) is 37.2 Å². The van der Waals surface area contributed by atoms with Gasteiger partial charge in [0.05, 0.1) is 13.7 Å². The van der Waals surface area contributed by atoms with Gasteiger partial charge in [0, 0.05) is 17.2 Å². The molecule has 1 unspecified atom stereocenters. The number of hydrogen-bond donors (Lipinski definition) is 3. The molecule has 3 aliphatic carbocycles. The molecule has 0 bridgehead atoms. The minimum atomic E-state index is -1.05. The van der Waals surface area contributed by atoms with E-state index < -0.39 is 5.60 Å². The molecule has 0 aliphatic heterocycles. The Kier molecular flexibility index (Phi) is 3.04. The Labute approximate surface area is 145 Å². The number of methoxy groups -OCH3 is 1. The highest BCUT2D eigenvalue weighted by molar-refractivity contribution is 5.94. The van der Waals surface area contributed by atoms with E-state index in [4.69, 9.17) is 4.74 Å². The summed E-state index contributed by atoms with van der Waals surface area (Å²) in [6.07, 6.45) is 3.56. The molecule has 0 saturated heterocycles. The third kappa shape index (κ3) is 2.20. The lowest BCUT2D eigenvalue weighted by Crippen LogP contribution is -2.39. The summed E-state index contributed by atoms with van der Waals surface area (Å²) in [6, 6.07) is 5.76. The van der Waals surface area contributed by atoms with Crippen LogP contribution >= 0.6 is 0 Å². The molecule has 25 heavy (non-hydrogen) atoms. The summed E-state index contributed by atoms with van der Waals surface area (Å²) < 4.78 is 5.27. The Morgan fingerprint density at radius 3 is 3.24 bits per heavy atom. The van der Waals surface area contributed by atoms with Crippen molar-refractivity contribution in [3.05, 3.63) is 46.3 Å². The third-order valence-corrected chi connectivity index (χ3v) is 6.04. The van der Waals surface area contributed by atoms with Crippen LogP contribution in [-0.4, -0.2) is 34.9 Å². The number of benzene rings is 1. The molecule has 1 saturated carbocycles. The molecule has 1 amide bonds. The predicted octanol–water partition coefficient (Wildman–Crippen LogP) is 1.64. The molecule has 0 spiro atoms. The minimum Gasteiger partial charge on any atom is -0.497 e. The second-order valence-electron chi connectivity index (χ2n) is 7.51. The lowest BCUT2D eigenvalue weighted by Gasteiger charge is -2.24. The summed E-state index contributed by atoms with van der Waals surface area (Å²) in [5, 5.41) is 21.2. The van der Waals surface area contributed by atoms with Gasteiger partial charge < -0.3 is 15.2 Å². The highest BCUT2D eigenvalue weighted by Crippen LogP contribution is 2.56. The average molecular weight is 339 g/mol. The maximum absolute atomic E-state index is 12.6. The zero-order chi connectivity index (χ0) is 17.2. The van der Waals surface area contributed by atoms with E-state index in [9.17, 15) is 9.90 Å². The maximum atomic E-state index is 12.6. The second-order valence-corrected chi connectivity index (χ2v) is 7.51. The van der Waals surface area contributed by atoms with Crippen molar-refractivity contribution in [3.63, 3.8) is 0 Å². The number of fused-ring (bicyclic) bond motifs is 4. The first-order valence-electron chi connectivity index (χ1n) is 8.84. The summed E-state index contributed by atoms with van der Waals surface area (Å²) in [7, 11) is 1.61. The van der Waals surface area contributed by atoms with Crippen LogP contribution in [0, 0.1) is 5.92 Å². The van der Waals surface area contributed by atoms with Crippen molar-refractivity contribution >= 4 is 5.91 Å². The van der Waals surface area contributed by atoms with E-state index in [0.717, 1.165) is 41.0 Å². The highest BCUT2D eigenvalue weighted by Gasteiger charge is 2.48. The van der Waals surface area contributed by atoms with Gasteiger partial charge in [-0.3, -0.25) is 9.89 Å². The highest BCUT2D eigenvalue weighted by atomic mass is 16.5. The van der Waals surface area contributed by atoms with Gasteiger partial charge in [-0.05, 0) is 54.9 Å². The summed E-state index contributed by atoms with van der Waals surface area (Å²) in [5.41, 5.74) is 3.61. The number of amides is 1. The molecule has 0 radical (unpaired) electrons. The first-order chi connectivity index (χ1) is 12.1. The van der Waals surface area contributed by atoms with E-state index >= 15 is 0 Å². The largest absolute Gasteiger partial charge is 0.497 e. The minimum absolute atomic E-state index is 0.181. The van der Waals surface area contributed by atoms with Crippen molar-refractivity contribution < 1.29 is 14.6 Å². The first-order valence-corrected chi connectivity index (χ1v) is 8.84. The number of H-pyrrole nitrogens is 1. The number of aryl methyl sites for hydroxylation is 1. The molecule has 6 heteroatoms. The fourth-order valence-corrected chi connectivity index (χ4v) is 4.47. The Morgan fingerprint density at radius 2 is 2.40 bits per heavy atom. The van der Waals surface area contributed by atoms with Gasteiger partial charge in [-0.2, -0.15) is 5.10 Å². The summed E-state index contributed by atoms with van der Waals surface area (Å²) in [4.78, 5) is 12.6. The van der Waals surface area contributed by atoms with Gasteiger partial charge >= 0.3 is 0 Å². The van der Waals surface area contributed by atoms with E-state index in [1.54, 1.807) is 7.11 Å². The van der Waals surface area contributed by atoms with Crippen LogP contribution < -0.4 is 10.1 Å². The van der Waals surface area contributed by atoms with Crippen LogP contribution in [0.1, 0.15) is 51.6 Å². The number of aliphatic hydroxyl groups is 1. The Bertz CT molecular complexity index is 875. The topological polar surface area (TPSA) is 87.2 Å². The number of carbonyl (C=O) groups is 1. The van der Waals surface area contributed by atoms with Crippen LogP contribution in [0.4, 0.5) is 0 Å². The average Bonchev–Trinajstić information content (AvgIpc) is 2.97. The van der Waals surface area contributed by atoms with Gasteiger partial charge in [0.25, 0.3) is 5.91 Å². The monoisotopic (exact) mass is 339 g/mol. The van der Waals surface area contributed by atoms with E-state index in [-0.39, 0.29) is 12.5 Å². The molecule has 3 aliphatic rings. The zero-order valence-electron chi connectivity index (χ0n) is 14.1. The van der Waals surface area contributed by atoms with Gasteiger partial charge in [-0.15, -0.1) is 0 Å². The Balaban J connectivity index is 1.34. The Hall–Kier alpha value is -2.34. The number of aromatic amines is 1. The molecular weight excluding hydrogens is 318 g/mol. The summed E-state index contributed by atoms with van der Waals surface area (Å²) >= 11 is 0. The van der Waals surface area contributed by atoms with E-state index in [2.05, 4.69) is 15.5 Å². The van der Waals surface area contributed by atoms with Crippen molar-refractivity contribution in [2.75, 3.05) is 13.7 Å². The van der Waals surface area contributed by atoms with Gasteiger partial charge in [-0.1, -0.05) is 6.07 Å². The number of carbonyl (C=O) groups excluding carboxylic acids is 1. The SMILES string of the molecule is COc1ccc2c(c1)C(O)(CNC(=O)c1n[nH]c3c1C[C@H]1C[C@@H]31)CC2. The molecule has 1 aromatic carbocycles. The number of rotatable bonds is 4. The number of nitrogens with one attached hydrogen (secondary N) is 2. The van der Waals surface area contributed by atoms with Crippen LogP contribution in [0.3, 0.4) is 0 Å². The molecule has 1 aromatic heterocycles. The molecule has 5 rings (SSSR count). The maximum Gasteiger partial charge on any atom is 0.272 e. The van der Waals surface area contributed by atoms with E-state index in [1.807, 2.05) is 18.2 Å². The van der Waals surface area contributed by atoms with Crippen molar-refractivity contribution in [1.82, 2.24) is 15.5 Å². The molecule has 3 atom stereocenters. The van der Waals surface area contributed by atoms with E-state index in [0.29, 0.717) is 24.0 Å². The molecule has 1 heterocycles. The third-order valence-electron chi connectivity index (χ3n) is 6.04. The number of hydrogen-bond acceptors (Lipinski definition) is 4. The van der Waals surface area contributed by atoms with Gasteiger partial charge in [0.2, 0.25) is 0 Å².